The fourth-order valence-corrected chi connectivity index (χ4v) is 3.23. The van der Waals surface area contributed by atoms with Crippen LogP contribution < -0.4 is 5.32 Å². The number of aryl methyl sites for hydroxylation is 1. The third kappa shape index (κ3) is 1.79. The van der Waals surface area contributed by atoms with E-state index >= 15 is 0 Å². The van der Waals surface area contributed by atoms with E-state index in [1.165, 1.54) is 16.7 Å². The first-order valence-corrected chi connectivity index (χ1v) is 6.36. The predicted molar refractivity (Wildman–Crippen MR) is 65.8 cm³/mol. The summed E-state index contributed by atoms with van der Waals surface area (Å²) in [5.74, 6) is 0.0439. The first-order valence-electron chi connectivity index (χ1n) is 6.36. The van der Waals surface area contributed by atoms with Crippen molar-refractivity contribution in [3.05, 3.63) is 34.9 Å². The molecule has 1 aliphatic heterocycles. The Labute approximate surface area is 101 Å². The number of hydrogen-bond donors (Lipinski definition) is 3. The summed E-state index contributed by atoms with van der Waals surface area (Å²) in [6, 6.07) is 6.70. The Kier molecular flexibility index (Phi) is 2.69. The molecule has 4 atom stereocenters. The summed E-state index contributed by atoms with van der Waals surface area (Å²) in [6.45, 7) is 2.95. The summed E-state index contributed by atoms with van der Waals surface area (Å²) < 4.78 is 0. The SMILES string of the molecule is Cc1ccc2c(c1)[C@@H]1[C@@H](O)[C@@H](O)CC[C@@H]1NC2. The molecule has 3 N–H and O–H groups in total. The van der Waals surface area contributed by atoms with Crippen LogP contribution >= 0.6 is 0 Å². The molecule has 0 saturated heterocycles. The third-order valence-corrected chi connectivity index (χ3v) is 4.18. The van der Waals surface area contributed by atoms with Crippen molar-refractivity contribution in [1.29, 1.82) is 0 Å². The molecule has 17 heavy (non-hydrogen) atoms. The molecule has 92 valence electrons. The van der Waals surface area contributed by atoms with Crippen LogP contribution in [0.25, 0.3) is 0 Å². The quantitative estimate of drug-likeness (QED) is 0.628. The molecule has 1 fully saturated rings. The van der Waals surface area contributed by atoms with Gasteiger partial charge in [-0.2, -0.15) is 0 Å². The van der Waals surface area contributed by atoms with E-state index in [2.05, 4.69) is 30.4 Å². The van der Waals surface area contributed by atoms with Crippen molar-refractivity contribution in [2.24, 2.45) is 0 Å². The zero-order valence-electron chi connectivity index (χ0n) is 10.1. The number of fused-ring (bicyclic) bond motifs is 3. The second-order valence-corrected chi connectivity index (χ2v) is 5.35. The molecular formula is C14H19NO2. The molecular weight excluding hydrogens is 214 g/mol. The zero-order valence-corrected chi connectivity index (χ0v) is 10.1. The highest BCUT2D eigenvalue weighted by atomic mass is 16.3. The second kappa shape index (κ2) is 4.09. The summed E-state index contributed by atoms with van der Waals surface area (Å²) >= 11 is 0. The van der Waals surface area contributed by atoms with E-state index in [-0.39, 0.29) is 5.92 Å². The van der Waals surface area contributed by atoms with Gasteiger partial charge in [0.05, 0.1) is 12.2 Å². The maximum absolute atomic E-state index is 10.2. The smallest absolute Gasteiger partial charge is 0.0882 e. The largest absolute Gasteiger partial charge is 0.390 e. The van der Waals surface area contributed by atoms with E-state index in [9.17, 15) is 10.2 Å². The zero-order chi connectivity index (χ0) is 12.0. The van der Waals surface area contributed by atoms with Crippen LogP contribution in [0.4, 0.5) is 0 Å². The van der Waals surface area contributed by atoms with E-state index in [4.69, 9.17) is 0 Å². The van der Waals surface area contributed by atoms with Gasteiger partial charge in [-0.3, -0.25) is 0 Å². The molecule has 1 aromatic rings. The van der Waals surface area contributed by atoms with Crippen molar-refractivity contribution in [2.75, 3.05) is 0 Å². The van der Waals surface area contributed by atoms with Gasteiger partial charge in [0.25, 0.3) is 0 Å². The van der Waals surface area contributed by atoms with Gasteiger partial charge in [0.2, 0.25) is 0 Å². The lowest BCUT2D eigenvalue weighted by Crippen LogP contribution is -2.51. The van der Waals surface area contributed by atoms with Crippen molar-refractivity contribution >= 4 is 0 Å². The van der Waals surface area contributed by atoms with Gasteiger partial charge < -0.3 is 15.5 Å². The summed E-state index contributed by atoms with van der Waals surface area (Å²) in [5.41, 5.74) is 3.70. The van der Waals surface area contributed by atoms with Crippen LogP contribution in [0.3, 0.4) is 0 Å². The molecule has 1 aromatic carbocycles. The van der Waals surface area contributed by atoms with E-state index in [1.54, 1.807) is 0 Å². The maximum atomic E-state index is 10.2. The fraction of sp³-hybridized carbons (Fsp3) is 0.571. The molecule has 0 spiro atoms. The van der Waals surface area contributed by atoms with Crippen LogP contribution in [0, 0.1) is 6.92 Å². The van der Waals surface area contributed by atoms with Gasteiger partial charge >= 0.3 is 0 Å². The van der Waals surface area contributed by atoms with E-state index in [1.807, 2.05) is 0 Å². The summed E-state index contributed by atoms with van der Waals surface area (Å²) in [4.78, 5) is 0. The highest BCUT2D eigenvalue weighted by molar-refractivity contribution is 5.38. The van der Waals surface area contributed by atoms with Gasteiger partial charge in [0.15, 0.2) is 0 Å². The number of aliphatic hydroxyl groups is 2. The van der Waals surface area contributed by atoms with E-state index in [0.717, 1.165) is 13.0 Å². The molecule has 0 unspecified atom stereocenters. The van der Waals surface area contributed by atoms with Crippen LogP contribution in [0.1, 0.15) is 35.4 Å². The molecule has 3 rings (SSSR count). The normalized spacial score (nSPS) is 36.2. The average Bonchev–Trinajstić information content (AvgIpc) is 2.33. The van der Waals surface area contributed by atoms with Crippen LogP contribution in [0.15, 0.2) is 18.2 Å². The standard InChI is InChI=1S/C14H19NO2/c1-8-2-3-9-7-15-11-4-5-12(16)14(17)13(11)10(9)6-8/h2-3,6,11-17H,4-5,7H2,1H3/t11-,12-,13-,14-/m0/s1. The Morgan fingerprint density at radius 2 is 2.06 bits per heavy atom. The summed E-state index contributed by atoms with van der Waals surface area (Å²) in [7, 11) is 0. The predicted octanol–water partition coefficient (Wildman–Crippen LogP) is 1.07. The number of aliphatic hydroxyl groups excluding tert-OH is 2. The lowest BCUT2D eigenvalue weighted by atomic mass is 9.73. The Bertz CT molecular complexity index is 432. The molecule has 1 saturated carbocycles. The third-order valence-electron chi connectivity index (χ3n) is 4.18. The van der Waals surface area contributed by atoms with Crippen molar-refractivity contribution < 1.29 is 10.2 Å². The minimum absolute atomic E-state index is 0.0439. The molecule has 1 heterocycles. The van der Waals surface area contributed by atoms with Gasteiger partial charge in [0, 0.05) is 18.5 Å². The molecule has 1 aliphatic carbocycles. The molecule has 3 nitrogen and oxygen atoms in total. The fourth-order valence-electron chi connectivity index (χ4n) is 3.23. The molecule has 3 heteroatoms. The minimum atomic E-state index is -0.637. The average molecular weight is 233 g/mol. The van der Waals surface area contributed by atoms with Crippen molar-refractivity contribution in [2.45, 2.75) is 50.5 Å². The van der Waals surface area contributed by atoms with Gasteiger partial charge in [-0.05, 0) is 30.9 Å². The molecule has 0 amide bonds. The van der Waals surface area contributed by atoms with Gasteiger partial charge in [-0.1, -0.05) is 23.8 Å². The lowest BCUT2D eigenvalue weighted by molar-refractivity contribution is -0.0359. The van der Waals surface area contributed by atoms with Crippen molar-refractivity contribution in [1.82, 2.24) is 5.32 Å². The first kappa shape index (κ1) is 11.2. The van der Waals surface area contributed by atoms with Crippen LogP contribution in [0.2, 0.25) is 0 Å². The van der Waals surface area contributed by atoms with Gasteiger partial charge in [-0.25, -0.2) is 0 Å². The highest BCUT2D eigenvalue weighted by Crippen LogP contribution is 2.38. The van der Waals surface area contributed by atoms with Gasteiger partial charge in [-0.15, -0.1) is 0 Å². The molecule has 2 aliphatic rings. The van der Waals surface area contributed by atoms with Crippen LogP contribution in [0.5, 0.6) is 0 Å². The van der Waals surface area contributed by atoms with Crippen LogP contribution in [-0.2, 0) is 6.54 Å². The van der Waals surface area contributed by atoms with E-state index in [0.29, 0.717) is 12.5 Å². The Morgan fingerprint density at radius 1 is 1.24 bits per heavy atom. The van der Waals surface area contributed by atoms with Crippen LogP contribution in [-0.4, -0.2) is 28.5 Å². The van der Waals surface area contributed by atoms with Crippen molar-refractivity contribution in [3.8, 4) is 0 Å². The monoisotopic (exact) mass is 233 g/mol. The van der Waals surface area contributed by atoms with E-state index < -0.39 is 12.2 Å². The Balaban J connectivity index is 2.04. The molecule has 0 bridgehead atoms. The summed E-state index contributed by atoms with van der Waals surface area (Å²) in [5, 5.41) is 23.5. The topological polar surface area (TPSA) is 52.5 Å². The number of rotatable bonds is 0. The molecule has 0 aromatic heterocycles. The van der Waals surface area contributed by atoms with Crippen molar-refractivity contribution in [3.63, 3.8) is 0 Å². The highest BCUT2D eigenvalue weighted by Gasteiger charge is 2.41. The first-order chi connectivity index (χ1) is 8.16. The second-order valence-electron chi connectivity index (χ2n) is 5.35. The number of benzene rings is 1. The minimum Gasteiger partial charge on any atom is -0.390 e. The number of nitrogens with one attached hydrogen (secondary N) is 1. The summed E-state index contributed by atoms with van der Waals surface area (Å²) in [6.07, 6.45) is 0.416. The number of hydrogen-bond acceptors (Lipinski definition) is 3. The lowest BCUT2D eigenvalue weighted by Gasteiger charge is -2.43. The Morgan fingerprint density at radius 3 is 2.88 bits per heavy atom. The molecule has 0 radical (unpaired) electrons. The maximum Gasteiger partial charge on any atom is 0.0882 e. The van der Waals surface area contributed by atoms with Gasteiger partial charge in [0.1, 0.15) is 0 Å². The Hall–Kier alpha value is -0.900.